The Morgan fingerprint density at radius 2 is 1.72 bits per heavy atom. The number of rotatable bonds is 5. The fourth-order valence-corrected chi connectivity index (χ4v) is 2.67. The van der Waals surface area contributed by atoms with Crippen molar-refractivity contribution in [1.29, 1.82) is 0 Å². The molecule has 0 radical (unpaired) electrons. The second-order valence-corrected chi connectivity index (χ2v) is 8.04. The van der Waals surface area contributed by atoms with E-state index in [1.54, 1.807) is 0 Å². The minimum Gasteiger partial charge on any atom is -0.312 e. The van der Waals surface area contributed by atoms with Crippen molar-refractivity contribution in [2.24, 2.45) is 11.3 Å². The summed E-state index contributed by atoms with van der Waals surface area (Å²) in [5.74, 6) is 0.894. The van der Waals surface area contributed by atoms with E-state index < -0.39 is 0 Å². The summed E-state index contributed by atoms with van der Waals surface area (Å²) in [5, 5.41) is 3.56. The highest BCUT2D eigenvalue weighted by atomic mass is 15.1. The van der Waals surface area contributed by atoms with Crippen LogP contribution in [0.5, 0.6) is 0 Å². The molecule has 1 aliphatic rings. The molecule has 1 N–H and O–H groups in total. The minimum atomic E-state index is 0.269. The first-order chi connectivity index (χ1) is 8.18. The van der Waals surface area contributed by atoms with Crippen LogP contribution >= 0.6 is 0 Å². The van der Waals surface area contributed by atoms with Crippen LogP contribution in [0.15, 0.2) is 0 Å². The Morgan fingerprint density at radius 3 is 2.22 bits per heavy atom. The quantitative estimate of drug-likeness (QED) is 0.755. The average Bonchev–Trinajstić information content (AvgIpc) is 2.63. The van der Waals surface area contributed by atoms with Crippen LogP contribution in [0, 0.1) is 11.3 Å². The normalized spacial score (nSPS) is 22.7. The van der Waals surface area contributed by atoms with Crippen molar-refractivity contribution in [3.63, 3.8) is 0 Å². The molecular formula is C16H34N2. The Balaban J connectivity index is 2.08. The lowest BCUT2D eigenvalue weighted by Crippen LogP contribution is -2.36. The van der Waals surface area contributed by atoms with E-state index in [2.05, 4.69) is 51.8 Å². The molecule has 1 rings (SSSR count). The summed E-state index contributed by atoms with van der Waals surface area (Å²) in [6.07, 6.45) is 4.03. The molecule has 2 nitrogen and oxygen atoms in total. The van der Waals surface area contributed by atoms with Gasteiger partial charge >= 0.3 is 0 Å². The number of hydrogen-bond donors (Lipinski definition) is 1. The molecule has 1 heterocycles. The first-order valence-corrected chi connectivity index (χ1v) is 7.66. The summed E-state index contributed by atoms with van der Waals surface area (Å²) in [6, 6.07) is 0. The van der Waals surface area contributed by atoms with Crippen molar-refractivity contribution in [3.05, 3.63) is 0 Å². The zero-order valence-electron chi connectivity index (χ0n) is 13.5. The zero-order valence-corrected chi connectivity index (χ0v) is 13.5. The van der Waals surface area contributed by atoms with Crippen molar-refractivity contribution >= 4 is 0 Å². The molecule has 1 fully saturated rings. The van der Waals surface area contributed by atoms with Gasteiger partial charge < -0.3 is 10.2 Å². The fraction of sp³-hybridized carbons (Fsp3) is 1.00. The van der Waals surface area contributed by atoms with Gasteiger partial charge in [-0.15, -0.1) is 0 Å². The molecule has 0 bridgehead atoms. The number of hydrogen-bond acceptors (Lipinski definition) is 2. The number of unbranched alkanes of at least 4 members (excludes halogenated alkanes) is 1. The van der Waals surface area contributed by atoms with E-state index in [1.165, 1.54) is 38.9 Å². The second-order valence-electron chi connectivity index (χ2n) is 8.04. The van der Waals surface area contributed by atoms with E-state index in [0.29, 0.717) is 5.41 Å². The number of likely N-dealkylation sites (tertiary alicyclic amines) is 1. The van der Waals surface area contributed by atoms with Gasteiger partial charge in [-0.1, -0.05) is 20.8 Å². The monoisotopic (exact) mass is 254 g/mol. The van der Waals surface area contributed by atoms with Crippen molar-refractivity contribution in [3.8, 4) is 0 Å². The summed E-state index contributed by atoms with van der Waals surface area (Å²) in [6.45, 7) is 18.9. The van der Waals surface area contributed by atoms with Crippen molar-refractivity contribution in [1.82, 2.24) is 10.2 Å². The van der Waals surface area contributed by atoms with Gasteiger partial charge in [-0.3, -0.25) is 0 Å². The van der Waals surface area contributed by atoms with Crippen LogP contribution in [0.2, 0.25) is 0 Å². The highest BCUT2D eigenvalue weighted by Crippen LogP contribution is 2.33. The van der Waals surface area contributed by atoms with E-state index >= 15 is 0 Å². The van der Waals surface area contributed by atoms with Gasteiger partial charge in [0.1, 0.15) is 0 Å². The van der Waals surface area contributed by atoms with Crippen LogP contribution in [0.25, 0.3) is 0 Å². The first kappa shape index (κ1) is 16.0. The van der Waals surface area contributed by atoms with Crippen molar-refractivity contribution < 1.29 is 0 Å². The van der Waals surface area contributed by atoms with Crippen LogP contribution in [0.1, 0.15) is 60.8 Å². The Bertz CT molecular complexity index is 234. The van der Waals surface area contributed by atoms with Crippen LogP contribution in [0.3, 0.4) is 0 Å². The van der Waals surface area contributed by atoms with E-state index in [4.69, 9.17) is 0 Å². The van der Waals surface area contributed by atoms with Gasteiger partial charge in [0.15, 0.2) is 0 Å². The van der Waals surface area contributed by atoms with Gasteiger partial charge in [-0.25, -0.2) is 0 Å². The van der Waals surface area contributed by atoms with E-state index in [1.807, 2.05) is 0 Å². The smallest absolute Gasteiger partial charge is 0.00965 e. The molecule has 1 unspecified atom stereocenters. The lowest BCUT2D eigenvalue weighted by molar-refractivity contribution is 0.227. The first-order valence-electron chi connectivity index (χ1n) is 7.66. The molecule has 0 amide bonds. The molecule has 108 valence electrons. The molecule has 1 saturated heterocycles. The highest BCUT2D eigenvalue weighted by molar-refractivity contribution is 4.83. The maximum atomic E-state index is 3.56. The van der Waals surface area contributed by atoms with Gasteiger partial charge in [0.25, 0.3) is 0 Å². The largest absolute Gasteiger partial charge is 0.312 e. The molecule has 0 aromatic carbocycles. The molecule has 0 aromatic heterocycles. The third-order valence-corrected chi connectivity index (χ3v) is 4.05. The Morgan fingerprint density at radius 1 is 1.06 bits per heavy atom. The molecule has 0 aromatic rings. The van der Waals surface area contributed by atoms with Gasteiger partial charge in [-0.05, 0) is 71.0 Å². The fourth-order valence-electron chi connectivity index (χ4n) is 2.67. The summed E-state index contributed by atoms with van der Waals surface area (Å²) in [5.41, 5.74) is 0.757. The summed E-state index contributed by atoms with van der Waals surface area (Å²) < 4.78 is 0. The van der Waals surface area contributed by atoms with Gasteiger partial charge in [-0.2, -0.15) is 0 Å². The summed E-state index contributed by atoms with van der Waals surface area (Å²) in [4.78, 5) is 2.66. The maximum Gasteiger partial charge on any atom is 0.00965 e. The zero-order chi connectivity index (χ0) is 13.8. The minimum absolute atomic E-state index is 0.269. The lowest BCUT2D eigenvalue weighted by Gasteiger charge is -2.27. The standard InChI is InChI=1S/C16H34N2/c1-15(2,3)14-9-12-18(13-14)11-8-7-10-17-16(4,5)6/h14,17H,7-13H2,1-6H3. The number of nitrogens with zero attached hydrogens (tertiary/aromatic N) is 1. The molecule has 0 saturated carbocycles. The SMILES string of the molecule is CC(C)(C)NCCCCN1CCC(C(C)(C)C)C1. The Kier molecular flexibility index (Phi) is 5.67. The van der Waals surface area contributed by atoms with E-state index in [0.717, 1.165) is 12.5 Å². The summed E-state index contributed by atoms with van der Waals surface area (Å²) in [7, 11) is 0. The number of nitrogens with one attached hydrogen (secondary N) is 1. The van der Waals surface area contributed by atoms with Crippen molar-refractivity contribution in [2.45, 2.75) is 66.3 Å². The van der Waals surface area contributed by atoms with Crippen LogP contribution in [0.4, 0.5) is 0 Å². The van der Waals surface area contributed by atoms with Gasteiger partial charge in [0.2, 0.25) is 0 Å². The summed E-state index contributed by atoms with van der Waals surface area (Å²) >= 11 is 0. The maximum absolute atomic E-state index is 3.56. The second kappa shape index (κ2) is 6.38. The molecule has 0 spiro atoms. The lowest BCUT2D eigenvalue weighted by atomic mass is 9.80. The predicted octanol–water partition coefficient (Wildman–Crippen LogP) is 3.52. The molecule has 1 atom stereocenters. The average molecular weight is 254 g/mol. The van der Waals surface area contributed by atoms with E-state index in [9.17, 15) is 0 Å². The van der Waals surface area contributed by atoms with Crippen molar-refractivity contribution in [2.75, 3.05) is 26.2 Å². The Hall–Kier alpha value is -0.0800. The third-order valence-electron chi connectivity index (χ3n) is 4.05. The molecule has 0 aliphatic carbocycles. The Labute approximate surface area is 115 Å². The molecule has 18 heavy (non-hydrogen) atoms. The molecular weight excluding hydrogens is 220 g/mol. The topological polar surface area (TPSA) is 15.3 Å². The van der Waals surface area contributed by atoms with Crippen LogP contribution in [-0.2, 0) is 0 Å². The van der Waals surface area contributed by atoms with Crippen LogP contribution in [-0.4, -0.2) is 36.6 Å². The van der Waals surface area contributed by atoms with Gasteiger partial charge in [0, 0.05) is 12.1 Å². The molecule has 2 heteroatoms. The van der Waals surface area contributed by atoms with Gasteiger partial charge in [0.05, 0.1) is 0 Å². The third kappa shape index (κ3) is 6.19. The predicted molar refractivity (Wildman–Crippen MR) is 81.0 cm³/mol. The molecule has 1 aliphatic heterocycles. The van der Waals surface area contributed by atoms with Crippen LogP contribution < -0.4 is 5.32 Å². The van der Waals surface area contributed by atoms with E-state index in [-0.39, 0.29) is 5.54 Å². The highest BCUT2D eigenvalue weighted by Gasteiger charge is 2.31.